The largest absolute Gasteiger partial charge is 0.379 e. The van der Waals surface area contributed by atoms with E-state index in [-0.39, 0.29) is 35.2 Å². The van der Waals surface area contributed by atoms with Crippen molar-refractivity contribution in [3.63, 3.8) is 0 Å². The van der Waals surface area contributed by atoms with E-state index in [1.165, 1.54) is 43.3 Å². The molecule has 2 N–H and O–H groups in total. The highest BCUT2D eigenvalue weighted by Gasteiger charge is 2.25. The predicted octanol–water partition coefficient (Wildman–Crippen LogP) is 3.78. The maximum absolute atomic E-state index is 12.9. The van der Waals surface area contributed by atoms with Crippen LogP contribution in [0.25, 0.3) is 0 Å². The highest BCUT2D eigenvalue weighted by Crippen LogP contribution is 2.28. The van der Waals surface area contributed by atoms with Gasteiger partial charge in [-0.15, -0.1) is 0 Å². The zero-order valence-electron chi connectivity index (χ0n) is 19.0. The minimum absolute atomic E-state index is 0.0666. The van der Waals surface area contributed by atoms with Gasteiger partial charge in [-0.1, -0.05) is 11.6 Å². The molecule has 0 spiro atoms. The molecular weight excluding hydrogens is 482 g/mol. The zero-order chi connectivity index (χ0) is 24.7. The van der Waals surface area contributed by atoms with Gasteiger partial charge in [0.2, 0.25) is 5.91 Å². The van der Waals surface area contributed by atoms with Crippen LogP contribution in [0, 0.1) is 0 Å². The lowest BCUT2D eigenvalue weighted by Crippen LogP contribution is -2.43. The molecule has 1 aliphatic rings. The molecule has 0 saturated carbocycles. The number of anilines is 1. The summed E-state index contributed by atoms with van der Waals surface area (Å²) in [5.41, 5.74) is 0.903. The van der Waals surface area contributed by atoms with Crippen molar-refractivity contribution in [3.8, 4) is 5.75 Å². The highest BCUT2D eigenvalue weighted by atomic mass is 35.5. The Kier molecular flexibility index (Phi) is 8.76. The van der Waals surface area contributed by atoms with Crippen LogP contribution in [0.15, 0.2) is 47.4 Å². The van der Waals surface area contributed by atoms with E-state index < -0.39 is 10.1 Å². The lowest BCUT2D eigenvalue weighted by molar-refractivity contribution is -0.114. The molecule has 34 heavy (non-hydrogen) atoms. The van der Waals surface area contributed by atoms with Gasteiger partial charge < -0.3 is 24.5 Å². The van der Waals surface area contributed by atoms with Gasteiger partial charge in [-0.3, -0.25) is 4.79 Å². The van der Waals surface area contributed by atoms with Crippen LogP contribution in [0.3, 0.4) is 0 Å². The number of carbonyl (C=O) groups is 2. The van der Waals surface area contributed by atoms with Crippen molar-refractivity contribution in [3.05, 3.63) is 53.1 Å². The van der Waals surface area contributed by atoms with E-state index in [2.05, 4.69) is 10.6 Å². The number of hydrogen-bond acceptors (Lipinski definition) is 6. The van der Waals surface area contributed by atoms with Crippen LogP contribution in [0.4, 0.5) is 10.5 Å². The molecule has 0 bridgehead atoms. The first-order valence-electron chi connectivity index (χ1n) is 10.9. The van der Waals surface area contributed by atoms with Crippen LogP contribution in [-0.4, -0.2) is 51.1 Å². The summed E-state index contributed by atoms with van der Waals surface area (Å²) in [6.07, 6.45) is 1.69. The second kappa shape index (κ2) is 11.5. The lowest BCUT2D eigenvalue weighted by atomic mass is 10.1. The number of nitrogens with one attached hydrogen (secondary N) is 2. The van der Waals surface area contributed by atoms with Crippen LogP contribution in [0.2, 0.25) is 5.02 Å². The molecule has 2 aromatic carbocycles. The van der Waals surface area contributed by atoms with Crippen molar-refractivity contribution in [1.29, 1.82) is 0 Å². The summed E-state index contributed by atoms with van der Waals surface area (Å²) in [7, 11) is -4.18. The number of benzene rings is 2. The third-order valence-electron chi connectivity index (χ3n) is 5.11. The van der Waals surface area contributed by atoms with Gasteiger partial charge in [0.1, 0.15) is 10.6 Å². The molecule has 1 saturated heterocycles. The summed E-state index contributed by atoms with van der Waals surface area (Å²) < 4.78 is 37.0. The Bertz CT molecular complexity index is 1120. The molecule has 1 heterocycles. The van der Waals surface area contributed by atoms with Crippen LogP contribution < -0.4 is 14.8 Å². The van der Waals surface area contributed by atoms with Crippen molar-refractivity contribution in [1.82, 2.24) is 10.2 Å². The third-order valence-corrected chi connectivity index (χ3v) is 6.59. The van der Waals surface area contributed by atoms with Crippen molar-refractivity contribution >= 4 is 39.3 Å². The quantitative estimate of drug-likeness (QED) is 0.497. The van der Waals surface area contributed by atoms with E-state index in [4.69, 9.17) is 20.5 Å². The smallest absolute Gasteiger partial charge is 0.339 e. The van der Waals surface area contributed by atoms with Crippen molar-refractivity contribution in [2.75, 3.05) is 25.0 Å². The first kappa shape index (κ1) is 25.8. The molecule has 1 atom stereocenters. The topological polar surface area (TPSA) is 114 Å². The van der Waals surface area contributed by atoms with Crippen LogP contribution in [-0.2, 0) is 26.2 Å². The number of carbonyl (C=O) groups excluding carboxylic acids is 2. The normalized spacial score (nSPS) is 15.6. The monoisotopic (exact) mass is 509 g/mol. The van der Waals surface area contributed by atoms with Crippen molar-refractivity contribution in [2.24, 2.45) is 0 Å². The van der Waals surface area contributed by atoms with Gasteiger partial charge in [0, 0.05) is 42.9 Å². The number of amides is 3. The average Bonchev–Trinajstić information content (AvgIpc) is 3.28. The predicted molar refractivity (Wildman–Crippen MR) is 128 cm³/mol. The van der Waals surface area contributed by atoms with Crippen molar-refractivity contribution < 1.29 is 26.9 Å². The number of urea groups is 1. The second-order valence-electron chi connectivity index (χ2n) is 7.85. The third kappa shape index (κ3) is 7.09. The second-order valence-corrected chi connectivity index (χ2v) is 9.83. The van der Waals surface area contributed by atoms with Crippen LogP contribution in [0.5, 0.6) is 5.75 Å². The molecule has 0 aliphatic carbocycles. The Morgan fingerprint density at radius 3 is 2.56 bits per heavy atom. The molecule has 1 aliphatic heterocycles. The number of ether oxygens (including phenoxy) is 1. The molecule has 3 amide bonds. The Balaban J connectivity index is 1.83. The van der Waals surface area contributed by atoms with Crippen molar-refractivity contribution in [2.45, 2.75) is 44.2 Å². The molecule has 2 aromatic rings. The SMILES string of the molecule is CCNC(=O)N(Cc1cc(Cl)ccc1OS(=O)(=O)c1ccc(NC(C)=O)cc1)C[C@@H]1CCCO1. The van der Waals surface area contributed by atoms with E-state index in [1.807, 2.05) is 6.92 Å². The van der Waals surface area contributed by atoms with Crippen LogP contribution >= 0.6 is 11.6 Å². The van der Waals surface area contributed by atoms with Gasteiger partial charge in [0.05, 0.1) is 12.6 Å². The molecule has 0 aromatic heterocycles. The summed E-state index contributed by atoms with van der Waals surface area (Å²) in [5, 5.41) is 5.74. The van der Waals surface area contributed by atoms with Gasteiger partial charge in [-0.2, -0.15) is 8.42 Å². The number of halogens is 1. The van der Waals surface area contributed by atoms with Crippen LogP contribution in [0.1, 0.15) is 32.3 Å². The minimum Gasteiger partial charge on any atom is -0.379 e. The highest BCUT2D eigenvalue weighted by molar-refractivity contribution is 7.87. The van der Waals surface area contributed by atoms with Gasteiger partial charge >= 0.3 is 16.1 Å². The fourth-order valence-corrected chi connectivity index (χ4v) is 4.71. The van der Waals surface area contributed by atoms with Gasteiger partial charge in [0.15, 0.2) is 0 Å². The van der Waals surface area contributed by atoms with E-state index in [1.54, 1.807) is 11.0 Å². The lowest BCUT2D eigenvalue weighted by Gasteiger charge is -2.26. The molecule has 3 rings (SSSR count). The Morgan fingerprint density at radius 2 is 1.94 bits per heavy atom. The summed E-state index contributed by atoms with van der Waals surface area (Å²) >= 11 is 6.18. The summed E-state index contributed by atoms with van der Waals surface area (Å²) in [4.78, 5) is 25.3. The molecule has 184 valence electrons. The Hall–Kier alpha value is -2.82. The fraction of sp³-hybridized carbons (Fsp3) is 0.391. The Labute approximate surface area is 204 Å². The number of rotatable bonds is 9. The number of nitrogens with zero attached hydrogens (tertiary/aromatic N) is 1. The van der Waals surface area contributed by atoms with E-state index >= 15 is 0 Å². The summed E-state index contributed by atoms with van der Waals surface area (Å²) in [6.45, 7) is 4.72. The molecule has 1 fully saturated rings. The van der Waals surface area contributed by atoms with Gasteiger partial charge in [0.25, 0.3) is 0 Å². The van der Waals surface area contributed by atoms with Gasteiger partial charge in [-0.25, -0.2) is 4.79 Å². The molecule has 11 heteroatoms. The first-order chi connectivity index (χ1) is 16.2. The van der Waals surface area contributed by atoms with E-state index in [0.29, 0.717) is 36.0 Å². The zero-order valence-corrected chi connectivity index (χ0v) is 20.6. The standard InChI is InChI=1S/C23H28ClN3O6S/c1-3-25-23(29)27(15-20-5-4-12-32-20)14-17-13-18(24)6-11-22(17)33-34(30,31)21-9-7-19(8-10-21)26-16(2)28/h6-11,13,20H,3-5,12,14-15H2,1-2H3,(H,25,29)(H,26,28)/t20-/m0/s1. The Morgan fingerprint density at radius 1 is 1.21 bits per heavy atom. The van der Waals surface area contributed by atoms with E-state index in [9.17, 15) is 18.0 Å². The maximum atomic E-state index is 12.9. The van der Waals surface area contributed by atoms with Gasteiger partial charge in [-0.05, 0) is 62.2 Å². The fourth-order valence-electron chi connectivity index (χ4n) is 3.55. The molecule has 0 unspecified atom stereocenters. The summed E-state index contributed by atoms with van der Waals surface area (Å²) in [6, 6.07) is 9.89. The molecule has 9 nitrogen and oxygen atoms in total. The average molecular weight is 510 g/mol. The minimum atomic E-state index is -4.18. The van der Waals surface area contributed by atoms with E-state index in [0.717, 1.165) is 12.8 Å². The first-order valence-corrected chi connectivity index (χ1v) is 12.7. The molecular formula is C23H28ClN3O6S. The summed E-state index contributed by atoms with van der Waals surface area (Å²) in [5.74, 6) is -0.200. The maximum Gasteiger partial charge on any atom is 0.339 e. The number of hydrogen-bond donors (Lipinski definition) is 2. The molecule has 0 radical (unpaired) electrons.